The lowest BCUT2D eigenvalue weighted by atomic mass is 9.92. The number of carbonyl (C=O) groups is 2. The highest BCUT2D eigenvalue weighted by Crippen LogP contribution is 2.31. The van der Waals surface area contributed by atoms with Gasteiger partial charge in [-0.05, 0) is 41.8 Å². The van der Waals surface area contributed by atoms with Crippen molar-refractivity contribution in [1.82, 2.24) is 0 Å². The molecule has 0 spiro atoms. The predicted molar refractivity (Wildman–Crippen MR) is 113 cm³/mol. The van der Waals surface area contributed by atoms with Gasteiger partial charge in [0.15, 0.2) is 0 Å². The zero-order valence-corrected chi connectivity index (χ0v) is 17.1. The first kappa shape index (κ1) is 21.5. The van der Waals surface area contributed by atoms with Crippen molar-refractivity contribution in [3.63, 3.8) is 0 Å². The summed E-state index contributed by atoms with van der Waals surface area (Å²) in [5, 5.41) is 26.0. The fraction of sp³-hybridized carbons (Fsp3) is 0.391. The van der Waals surface area contributed by atoms with E-state index >= 15 is 0 Å². The number of hydrogen-bond acceptors (Lipinski definition) is 6. The average molecular weight is 426 g/mol. The number of anilines is 2. The summed E-state index contributed by atoms with van der Waals surface area (Å²) in [6.45, 7) is 1.12. The molecule has 4 rings (SSSR count). The number of ether oxygens (including phenoxy) is 2. The summed E-state index contributed by atoms with van der Waals surface area (Å²) in [6, 6.07) is 14.1. The van der Waals surface area contributed by atoms with Gasteiger partial charge in [-0.15, -0.1) is 0 Å². The van der Waals surface area contributed by atoms with Crippen LogP contribution >= 0.6 is 0 Å². The van der Waals surface area contributed by atoms with Crippen molar-refractivity contribution >= 4 is 23.2 Å². The van der Waals surface area contributed by atoms with Gasteiger partial charge in [0, 0.05) is 24.2 Å². The highest BCUT2D eigenvalue weighted by Gasteiger charge is 2.38. The minimum absolute atomic E-state index is 0.174. The lowest BCUT2D eigenvalue weighted by Gasteiger charge is -2.36. The zero-order chi connectivity index (χ0) is 21.9. The molecule has 0 radical (unpaired) electrons. The number of benzene rings is 2. The van der Waals surface area contributed by atoms with Gasteiger partial charge < -0.3 is 30.3 Å². The van der Waals surface area contributed by atoms with Crippen molar-refractivity contribution in [3.05, 3.63) is 59.7 Å². The van der Waals surface area contributed by atoms with E-state index < -0.39 is 11.2 Å². The number of rotatable bonds is 8. The van der Waals surface area contributed by atoms with Crippen molar-refractivity contribution in [1.29, 1.82) is 0 Å². The third-order valence-electron chi connectivity index (χ3n) is 5.58. The van der Waals surface area contributed by atoms with Crippen LogP contribution in [-0.2, 0) is 30.3 Å². The fourth-order valence-corrected chi connectivity index (χ4v) is 3.51. The van der Waals surface area contributed by atoms with E-state index in [2.05, 4.69) is 10.6 Å². The summed E-state index contributed by atoms with van der Waals surface area (Å²) in [6.07, 6.45) is 0.861. The first-order chi connectivity index (χ1) is 14.9. The van der Waals surface area contributed by atoms with Crippen molar-refractivity contribution in [2.45, 2.75) is 30.5 Å². The molecule has 0 aliphatic carbocycles. The van der Waals surface area contributed by atoms with Crippen LogP contribution in [0.2, 0.25) is 0 Å². The zero-order valence-electron chi connectivity index (χ0n) is 17.1. The smallest absolute Gasteiger partial charge is 0.224 e. The third kappa shape index (κ3) is 4.94. The average Bonchev–Trinajstić information content (AvgIpc) is 2.71. The van der Waals surface area contributed by atoms with E-state index in [-0.39, 0.29) is 51.1 Å². The van der Waals surface area contributed by atoms with Gasteiger partial charge in [0.2, 0.25) is 11.8 Å². The Balaban J connectivity index is 1.17. The van der Waals surface area contributed by atoms with E-state index in [4.69, 9.17) is 9.47 Å². The van der Waals surface area contributed by atoms with Crippen molar-refractivity contribution in [2.24, 2.45) is 0 Å². The maximum Gasteiger partial charge on any atom is 0.224 e. The molecule has 0 unspecified atom stereocenters. The molecular weight excluding hydrogens is 400 g/mol. The molecule has 31 heavy (non-hydrogen) atoms. The van der Waals surface area contributed by atoms with E-state index in [9.17, 15) is 19.8 Å². The number of nitrogens with one attached hydrogen (secondary N) is 2. The molecule has 2 heterocycles. The largest absolute Gasteiger partial charge is 0.380 e. The Morgan fingerprint density at radius 3 is 1.35 bits per heavy atom. The number of hydrogen-bond donors (Lipinski definition) is 4. The summed E-state index contributed by atoms with van der Waals surface area (Å²) < 4.78 is 10.1. The van der Waals surface area contributed by atoms with Crippen molar-refractivity contribution in [3.8, 4) is 0 Å². The Morgan fingerprint density at radius 2 is 1.06 bits per heavy atom. The molecule has 8 heteroatoms. The number of amides is 2. The molecule has 2 aromatic carbocycles. The maximum atomic E-state index is 12.1. The molecule has 2 aliphatic rings. The summed E-state index contributed by atoms with van der Waals surface area (Å²) in [5.74, 6) is -0.349. The van der Waals surface area contributed by atoms with Crippen molar-refractivity contribution in [2.75, 3.05) is 37.1 Å². The summed E-state index contributed by atoms with van der Waals surface area (Å²) >= 11 is 0. The Hall–Kier alpha value is -2.78. The second-order valence-electron chi connectivity index (χ2n) is 8.15. The minimum atomic E-state index is -0.929. The Labute approximate surface area is 180 Å². The minimum Gasteiger partial charge on any atom is -0.380 e. The van der Waals surface area contributed by atoms with Crippen molar-refractivity contribution < 1.29 is 29.3 Å². The summed E-state index contributed by atoms with van der Waals surface area (Å²) in [5.41, 5.74) is 0.942. The molecule has 0 atom stereocenters. The van der Waals surface area contributed by atoms with E-state index in [1.54, 1.807) is 48.5 Å². The second-order valence-corrected chi connectivity index (χ2v) is 8.15. The lowest BCUT2D eigenvalue weighted by Crippen LogP contribution is -2.46. The lowest BCUT2D eigenvalue weighted by molar-refractivity contribution is -0.184. The Bertz CT molecular complexity index is 856. The second kappa shape index (κ2) is 8.76. The van der Waals surface area contributed by atoms with Crippen LogP contribution in [0.4, 0.5) is 11.4 Å². The third-order valence-corrected chi connectivity index (χ3v) is 5.58. The van der Waals surface area contributed by atoms with Crippen LogP contribution in [0.5, 0.6) is 0 Å². The van der Waals surface area contributed by atoms with Gasteiger partial charge in [-0.25, -0.2) is 0 Å². The summed E-state index contributed by atoms with van der Waals surface area (Å²) in [4.78, 5) is 24.2. The molecule has 0 aromatic heterocycles. The van der Waals surface area contributed by atoms with Crippen LogP contribution in [0.25, 0.3) is 0 Å². The van der Waals surface area contributed by atoms with Gasteiger partial charge in [-0.2, -0.15) is 0 Å². The molecule has 2 fully saturated rings. The molecule has 4 N–H and O–H groups in total. The van der Waals surface area contributed by atoms with Gasteiger partial charge >= 0.3 is 0 Å². The monoisotopic (exact) mass is 426 g/mol. The van der Waals surface area contributed by atoms with Gasteiger partial charge in [0.05, 0.1) is 26.4 Å². The molecule has 0 bridgehead atoms. The Morgan fingerprint density at radius 1 is 0.710 bits per heavy atom. The summed E-state index contributed by atoms with van der Waals surface area (Å²) in [7, 11) is 0. The van der Waals surface area contributed by atoms with E-state index in [0.717, 1.165) is 11.1 Å². The highest BCUT2D eigenvalue weighted by molar-refractivity contribution is 5.93. The van der Waals surface area contributed by atoms with Gasteiger partial charge in [0.25, 0.3) is 0 Å². The normalized spacial score (nSPS) is 18.4. The van der Waals surface area contributed by atoms with Gasteiger partial charge in [-0.3, -0.25) is 9.59 Å². The molecule has 8 nitrogen and oxygen atoms in total. The van der Waals surface area contributed by atoms with Crippen LogP contribution in [0.1, 0.15) is 30.4 Å². The van der Waals surface area contributed by atoms with Gasteiger partial charge in [-0.1, -0.05) is 24.3 Å². The van der Waals surface area contributed by atoms with E-state index in [1.807, 2.05) is 0 Å². The number of aliphatic hydroxyl groups is 2. The van der Waals surface area contributed by atoms with E-state index in [0.29, 0.717) is 17.8 Å². The van der Waals surface area contributed by atoms with Crippen LogP contribution in [-0.4, -0.2) is 48.5 Å². The van der Waals surface area contributed by atoms with Crippen LogP contribution in [0.15, 0.2) is 48.5 Å². The molecule has 164 valence electrons. The predicted octanol–water partition coefficient (Wildman–Crippen LogP) is 1.87. The quantitative estimate of drug-likeness (QED) is 0.512. The van der Waals surface area contributed by atoms with Crippen LogP contribution < -0.4 is 10.6 Å². The molecular formula is C23H26N2O6. The SMILES string of the molecule is O=C(CCCC(=O)Nc1ccc(C2(O)COC2)cc1)Nc1ccc(C2(O)COC2)cc1. The fourth-order valence-electron chi connectivity index (χ4n) is 3.51. The van der Waals surface area contributed by atoms with Crippen LogP contribution in [0, 0.1) is 0 Å². The molecule has 2 aliphatic heterocycles. The molecule has 2 amide bonds. The highest BCUT2D eigenvalue weighted by atomic mass is 16.5. The molecule has 0 saturated carbocycles. The standard InChI is InChI=1S/C23H26N2O6/c26-20(24-18-8-4-16(5-9-18)22(28)12-30-13-22)2-1-3-21(27)25-19-10-6-17(7-11-19)23(29)14-31-15-23/h4-11,28-29H,1-3,12-15H2,(H,24,26)(H,25,27). The Kier molecular flexibility index (Phi) is 6.06. The van der Waals surface area contributed by atoms with E-state index in [1.165, 1.54) is 0 Å². The molecule has 2 aromatic rings. The van der Waals surface area contributed by atoms with Crippen LogP contribution in [0.3, 0.4) is 0 Å². The topological polar surface area (TPSA) is 117 Å². The first-order valence-corrected chi connectivity index (χ1v) is 10.3. The molecule has 2 saturated heterocycles. The first-order valence-electron chi connectivity index (χ1n) is 10.3. The number of carbonyl (C=O) groups excluding carboxylic acids is 2. The maximum absolute atomic E-state index is 12.1. The van der Waals surface area contributed by atoms with Gasteiger partial charge in [0.1, 0.15) is 11.2 Å².